The van der Waals surface area contributed by atoms with Crippen molar-refractivity contribution in [3.8, 4) is 23.0 Å². The summed E-state index contributed by atoms with van der Waals surface area (Å²) in [5, 5.41) is 21.2. The van der Waals surface area contributed by atoms with E-state index in [0.29, 0.717) is 35.5 Å². The Morgan fingerprint density at radius 2 is 1.57 bits per heavy atom. The molecule has 3 aromatic carbocycles. The van der Waals surface area contributed by atoms with Crippen molar-refractivity contribution in [3.05, 3.63) is 116 Å². The van der Waals surface area contributed by atoms with E-state index in [2.05, 4.69) is 19.6 Å². The standard InChI is InChI=1S/C25H32B2O4.C17H17BO2.2C2H6.CH4/c1-5-26-25(31-23-8-7-18(2)15-20(23)4)21-17-24(22(28)16-19(21)3)30-12-6-9-27-10-13-29-14-11-27;1-4-15(13-5-7-14(19)8-6-13)17(20)16-11(2)9-10-18-12(16)3;2*1-2;/h5,7-8,15-17,28H,3,6,9-14H2,1-2,4H3;4-10,19H,1-3H3;2*1-2H3;1H4/b25-21+;15-4-;;;. The zero-order valence-electron chi connectivity index (χ0n) is 34.9. The molecule has 6 nitrogen and oxygen atoms in total. The summed E-state index contributed by atoms with van der Waals surface area (Å²) in [6, 6.07) is 18.2. The summed E-state index contributed by atoms with van der Waals surface area (Å²) >= 11 is 0. The average molecular weight is 758 g/mol. The van der Waals surface area contributed by atoms with Crippen LogP contribution in [0, 0.1) is 27.7 Å². The van der Waals surface area contributed by atoms with Gasteiger partial charge in [0.25, 0.3) is 0 Å². The van der Waals surface area contributed by atoms with Crippen molar-refractivity contribution in [2.24, 2.45) is 0 Å². The molecule has 5 rings (SSSR count). The second-order valence-electron chi connectivity index (χ2n) is 13.1. The molecule has 1 saturated heterocycles. The molecule has 0 bridgehead atoms. The molecule has 1 fully saturated rings. The number of hydrogen-bond donors (Lipinski definition) is 2. The first-order chi connectivity index (χ1) is 26.5. The number of Topliss-reactive ketones (excluding diaryl/α,β-unsaturated/α-hetero) is 1. The van der Waals surface area contributed by atoms with Gasteiger partial charge in [0.05, 0.1) is 0 Å². The molecule has 9 heteroatoms. The largest absolute Gasteiger partial charge is 0.0683 e. The Morgan fingerprint density at radius 3 is 2.16 bits per heavy atom. The van der Waals surface area contributed by atoms with E-state index >= 15 is 0 Å². The first kappa shape index (κ1) is 49.4. The number of carbonyl (C=O) groups is 1. The van der Waals surface area contributed by atoms with Gasteiger partial charge in [0, 0.05) is 0 Å². The number of rotatable bonds is 11. The molecule has 1 aromatic heterocycles. The molecule has 0 spiro atoms. The van der Waals surface area contributed by atoms with E-state index in [1.165, 1.54) is 5.56 Å². The van der Waals surface area contributed by atoms with E-state index in [1.54, 1.807) is 30.3 Å². The van der Waals surface area contributed by atoms with Crippen LogP contribution in [0.25, 0.3) is 17.8 Å². The SMILES string of the molecule is C.C/C=C(\C(=O)c1c(C)bccc1C)c1ccc(O)cc1.C=c1cc(O)c(OCCCB2CCOCC2)c/c1=C(/B=CC)Oc1ccc(C)cc1C.CC.CC. The third kappa shape index (κ3) is 14.8. The normalized spacial score (nSPS) is 12.5. The second kappa shape index (κ2) is 26.3. The van der Waals surface area contributed by atoms with Gasteiger partial charge in [0.2, 0.25) is 0 Å². The molecule has 0 aliphatic carbocycles. The van der Waals surface area contributed by atoms with E-state index in [-0.39, 0.29) is 24.7 Å². The molecule has 1 aliphatic heterocycles. The molecule has 0 amide bonds. The third-order valence-corrected chi connectivity index (χ3v) is 9.09. The van der Waals surface area contributed by atoms with Crippen LogP contribution in [0.15, 0.2) is 72.7 Å². The van der Waals surface area contributed by atoms with Gasteiger partial charge in [-0.2, -0.15) is 0 Å². The summed E-state index contributed by atoms with van der Waals surface area (Å²) in [6.45, 7) is 30.8. The minimum atomic E-state index is 0. The fraction of sp³-hybridized carbons (Fsp3) is 0.383. The molecule has 1 aliphatic rings. The fourth-order valence-electron chi connectivity index (χ4n) is 6.29. The number of ether oxygens (including phenoxy) is 3. The fourth-order valence-corrected chi connectivity index (χ4v) is 6.29. The van der Waals surface area contributed by atoms with Crippen molar-refractivity contribution in [1.82, 2.24) is 0 Å². The van der Waals surface area contributed by atoms with Crippen molar-refractivity contribution < 1.29 is 29.2 Å². The number of ketones is 1. The molecule has 298 valence electrons. The molecule has 2 N–H and O–H groups in total. The first-order valence-corrected chi connectivity index (χ1v) is 19.7. The van der Waals surface area contributed by atoms with E-state index in [1.807, 2.05) is 118 Å². The Bertz CT molecular complexity index is 1960. The number of phenols is 2. The van der Waals surface area contributed by atoms with Crippen molar-refractivity contribution >= 4 is 50.1 Å². The molecule has 0 radical (unpaired) electrons. The Hall–Kier alpha value is -4.62. The van der Waals surface area contributed by atoms with Crippen LogP contribution >= 0.6 is 0 Å². The van der Waals surface area contributed by atoms with Crippen molar-refractivity contribution in [2.75, 3.05) is 19.8 Å². The zero-order chi connectivity index (χ0) is 40.9. The van der Waals surface area contributed by atoms with Crippen LogP contribution in [0.1, 0.15) is 93.5 Å². The van der Waals surface area contributed by atoms with Crippen LogP contribution in [-0.2, 0) is 4.74 Å². The molecular weight excluding hydrogens is 693 g/mol. The summed E-state index contributed by atoms with van der Waals surface area (Å²) in [7, 11) is 0. The number of allylic oxidation sites excluding steroid dienone is 2. The molecule has 0 atom stereocenters. The summed E-state index contributed by atoms with van der Waals surface area (Å²) in [6.07, 6.45) is 6.15. The molecule has 0 saturated carbocycles. The second-order valence-corrected chi connectivity index (χ2v) is 13.1. The van der Waals surface area contributed by atoms with E-state index in [4.69, 9.17) is 14.2 Å². The van der Waals surface area contributed by atoms with Gasteiger partial charge >= 0.3 is 305 Å². The van der Waals surface area contributed by atoms with Gasteiger partial charge < -0.3 is 0 Å². The summed E-state index contributed by atoms with van der Waals surface area (Å²) in [4.78, 5) is 12.8. The maximum Gasteiger partial charge on any atom is -0.0683 e. The maximum absolute atomic E-state index is 12.8. The number of aryl methyl sites for hydroxylation is 4. The number of benzene rings is 3. The van der Waals surface area contributed by atoms with E-state index < -0.39 is 0 Å². The van der Waals surface area contributed by atoms with Gasteiger partial charge in [0.15, 0.2) is 0 Å². The minimum Gasteiger partial charge on any atom is -0.0683 e. The van der Waals surface area contributed by atoms with Crippen molar-refractivity contribution in [1.29, 1.82) is 0 Å². The molecular formula is C47H65B3O6. The number of phenolic OH excluding ortho intramolecular Hbond substituents is 2. The van der Waals surface area contributed by atoms with Gasteiger partial charge in [-0.05, 0) is 0 Å². The van der Waals surface area contributed by atoms with Crippen molar-refractivity contribution in [2.45, 2.75) is 102 Å². The van der Waals surface area contributed by atoms with Crippen LogP contribution < -0.4 is 19.9 Å². The molecule has 2 heterocycles. The quantitative estimate of drug-likeness (QED) is 0.0686. The first-order valence-electron chi connectivity index (χ1n) is 19.7. The van der Waals surface area contributed by atoms with Gasteiger partial charge in [-0.1, -0.05) is 35.1 Å². The number of aromatic hydroxyl groups is 2. The van der Waals surface area contributed by atoms with Gasteiger partial charge in [0.1, 0.15) is 0 Å². The predicted octanol–water partition coefficient (Wildman–Crippen LogP) is 9.71. The van der Waals surface area contributed by atoms with Gasteiger partial charge in [-0.3, -0.25) is 0 Å². The van der Waals surface area contributed by atoms with Gasteiger partial charge in [-0.15, -0.1) is 0 Å². The van der Waals surface area contributed by atoms with Crippen LogP contribution in [0.3, 0.4) is 0 Å². The summed E-state index contributed by atoms with van der Waals surface area (Å²) in [5.41, 5.74) is 7.12. The predicted molar refractivity (Wildman–Crippen MR) is 244 cm³/mol. The smallest absolute Gasteiger partial charge is 0.0683 e. The zero-order valence-corrected chi connectivity index (χ0v) is 34.9. The van der Waals surface area contributed by atoms with Crippen LogP contribution in [0.5, 0.6) is 23.0 Å². The van der Waals surface area contributed by atoms with E-state index in [9.17, 15) is 15.0 Å². The third-order valence-electron chi connectivity index (χ3n) is 9.09. The topological polar surface area (TPSA) is 85.2 Å². The molecule has 56 heavy (non-hydrogen) atoms. The van der Waals surface area contributed by atoms with Crippen LogP contribution in [-0.4, -0.2) is 62.3 Å². The summed E-state index contributed by atoms with van der Waals surface area (Å²) in [5.74, 6) is 5.46. The molecule has 4 aromatic rings. The monoisotopic (exact) mass is 759 g/mol. The van der Waals surface area contributed by atoms with Gasteiger partial charge in [-0.25, -0.2) is 0 Å². The minimum absolute atomic E-state index is 0. The van der Waals surface area contributed by atoms with Crippen LogP contribution in [0.4, 0.5) is 0 Å². The number of hydrogen-bond acceptors (Lipinski definition) is 6. The molecule has 0 unspecified atom stereocenters. The Balaban J connectivity index is 0.000000543. The Kier molecular flexibility index (Phi) is 23.2. The van der Waals surface area contributed by atoms with Crippen LogP contribution in [0.2, 0.25) is 19.0 Å². The van der Waals surface area contributed by atoms with E-state index in [0.717, 1.165) is 77.3 Å². The maximum atomic E-state index is 12.8. The Labute approximate surface area is 339 Å². The van der Waals surface area contributed by atoms with Crippen molar-refractivity contribution in [3.63, 3.8) is 0 Å². The summed E-state index contributed by atoms with van der Waals surface area (Å²) < 4.78 is 17.6. The number of carbonyl (C=O) groups excluding carboxylic acids is 1. The Morgan fingerprint density at radius 1 is 0.911 bits per heavy atom. The average Bonchev–Trinajstić information content (AvgIpc) is 3.18.